The first kappa shape index (κ1) is 98.7. The van der Waals surface area contributed by atoms with E-state index in [-0.39, 0.29) is 103 Å². The quantitative estimate of drug-likeness (QED) is 0.0285. The summed E-state index contributed by atoms with van der Waals surface area (Å²) in [7, 11) is -23.8. The van der Waals surface area contributed by atoms with E-state index in [0.29, 0.717) is 77.2 Å². The molecule has 4 saturated heterocycles. The summed E-state index contributed by atoms with van der Waals surface area (Å²) in [6, 6.07) is -1.12. The molecule has 45 heteroatoms. The summed E-state index contributed by atoms with van der Waals surface area (Å²) in [6.45, 7) is 1.69. The van der Waals surface area contributed by atoms with Crippen LogP contribution in [0.4, 0.5) is 0 Å². The Morgan fingerprint density at radius 3 is 1.19 bits per heavy atom. The van der Waals surface area contributed by atoms with Gasteiger partial charge in [-0.2, -0.15) is 0 Å². The zero-order chi connectivity index (χ0) is 79.3. The second kappa shape index (κ2) is 51.4. The molecule has 0 aliphatic carbocycles. The van der Waals surface area contributed by atoms with E-state index in [2.05, 4.69) is 9.84 Å². The van der Waals surface area contributed by atoms with Gasteiger partial charge in [0.25, 0.3) is 39.1 Å². The van der Waals surface area contributed by atoms with Crippen molar-refractivity contribution in [3.8, 4) is 0 Å². The van der Waals surface area contributed by atoms with E-state index in [0.717, 1.165) is 7.11 Å². The van der Waals surface area contributed by atoms with Crippen LogP contribution in [0, 0.1) is 23.2 Å². The summed E-state index contributed by atoms with van der Waals surface area (Å²) in [5.41, 5.74) is -1.64. The fraction of sp³-hybridized carbons (Fsp3) is 0.984. The molecule has 0 bridgehead atoms. The van der Waals surface area contributed by atoms with E-state index in [1.165, 1.54) is 6.92 Å². The third kappa shape index (κ3) is 38.3. The number of rotatable bonds is 61. The Balaban J connectivity index is 1.33. The van der Waals surface area contributed by atoms with Crippen LogP contribution in [0.3, 0.4) is 0 Å². The molecule has 4 rings (SSSR count). The topological polar surface area (TPSA) is 576 Å². The van der Waals surface area contributed by atoms with Crippen molar-refractivity contribution in [2.75, 3.05) is 139 Å². The maximum absolute atomic E-state index is 13.6. The molecule has 9 N–H and O–H groups in total. The normalized spacial score (nSPS) is 31.3. The molecule has 4 heterocycles. The lowest BCUT2D eigenvalue weighted by Gasteiger charge is -2.42. The number of unbranched alkanes of at least 4 members (excludes halogenated alkanes) is 9. The average molecular weight is 1660 g/mol. The third-order valence-electron chi connectivity index (χ3n) is 17.9. The number of carbonyl (C=O) groups excluding carboxylic acids is 1. The molecule has 40 nitrogen and oxygen atoms in total. The number of phosphoric acid groups is 5. The van der Waals surface area contributed by atoms with Gasteiger partial charge in [-0.3, -0.25) is 27.6 Å². The summed E-state index contributed by atoms with van der Waals surface area (Å²) in [4.78, 5) is 75.6. The second-order valence-electron chi connectivity index (χ2n) is 26.9. The Morgan fingerprint density at radius 2 is 0.776 bits per heavy atom. The lowest BCUT2D eigenvalue weighted by Crippen LogP contribution is -2.64. The lowest BCUT2D eigenvalue weighted by atomic mass is 9.85. The van der Waals surface area contributed by atoms with Gasteiger partial charge in [-0.1, -0.05) is 59.3 Å². The van der Waals surface area contributed by atoms with Crippen molar-refractivity contribution in [3.05, 3.63) is 0 Å². The number of hydrogen-bond donors (Lipinski definition) is 9. The fourth-order valence-corrected chi connectivity index (χ4v) is 15.3. The van der Waals surface area contributed by atoms with E-state index in [1.807, 2.05) is 13.8 Å². The van der Waals surface area contributed by atoms with Crippen molar-refractivity contribution >= 4 is 45.0 Å². The Bertz CT molecular complexity index is 2580. The van der Waals surface area contributed by atoms with Gasteiger partial charge < -0.3 is 163 Å². The van der Waals surface area contributed by atoms with Gasteiger partial charge in [-0.25, -0.2) is 0 Å². The molecule has 4 fully saturated rings. The van der Waals surface area contributed by atoms with E-state index < -0.39 is 214 Å². The van der Waals surface area contributed by atoms with Crippen LogP contribution in [-0.4, -0.2) is 278 Å². The largest absolute Gasteiger partial charge is 0.756 e. The number of hydrogen-bond acceptors (Lipinski definition) is 39. The molecule has 0 radical (unpaired) electrons. The minimum absolute atomic E-state index is 0.0153. The number of phosphoric ester groups is 5. The molecule has 0 aromatic rings. The first-order chi connectivity index (χ1) is 50.6. The summed E-state index contributed by atoms with van der Waals surface area (Å²) in [5, 5.41) is 82.5. The molecule has 107 heavy (non-hydrogen) atoms. The number of amides is 1. The highest BCUT2D eigenvalue weighted by Gasteiger charge is 2.47. The van der Waals surface area contributed by atoms with Crippen LogP contribution >= 0.6 is 39.1 Å². The molecule has 0 saturated carbocycles. The predicted octanol–water partition coefficient (Wildman–Crippen LogP) is -0.0232. The average Bonchev–Trinajstić information content (AvgIpc) is 1.36. The van der Waals surface area contributed by atoms with E-state index in [1.54, 1.807) is 13.8 Å². The van der Waals surface area contributed by atoms with Crippen molar-refractivity contribution in [2.45, 2.75) is 229 Å². The highest BCUT2D eigenvalue weighted by Crippen LogP contribution is 2.46. The molecule has 24 atom stereocenters. The van der Waals surface area contributed by atoms with E-state index >= 15 is 0 Å². The maximum atomic E-state index is 13.6. The molecule has 13 unspecified atom stereocenters. The predicted molar refractivity (Wildman–Crippen MR) is 361 cm³/mol. The van der Waals surface area contributed by atoms with Crippen molar-refractivity contribution in [1.82, 2.24) is 5.32 Å². The standard InChI is InChI=1S/C62H122NO39P5/c1-43-34-48(102-103(73,74)83-6)52(98-43)38-96-107(81,82)97-42-62(39-84-22-19-31-93-104(75,76)90-28-16-10-7-13-25-87-59-45(3)44(2)54(68)49(35-64)99-59,40-85-23-20-32-94-105(77,78)91-29-17-11-8-14-26-88-60-46(4)55(69)56(70)50(36-65)100-60)41-86-24-21-33-95-106(79,80)92-30-18-12-9-15-27-89-61-53(63-47(5)67)58(72)57(71)51(37-66)101-61/h43-46,48-61,64-66,68-72H,7-42H2,1-6H3,(H,63,67)(H,73,74)(H,75,76)(H,77,78)(H,79,80)(H,81,82)/p-5/t43-,44+,45?,46?,48?,49?,50?,51?,52+,53?,54+,55+,56-,57-,58+,59+,60+,61+,62?/m0/s1. The monoisotopic (exact) mass is 1650 g/mol. The Morgan fingerprint density at radius 1 is 0.411 bits per heavy atom. The van der Waals surface area contributed by atoms with Crippen LogP contribution in [0.5, 0.6) is 0 Å². The number of aliphatic hydroxyl groups excluding tert-OH is 8. The van der Waals surface area contributed by atoms with Crippen LogP contribution < -0.4 is 29.8 Å². The van der Waals surface area contributed by atoms with Gasteiger partial charge in [0.05, 0.1) is 122 Å². The lowest BCUT2D eigenvalue weighted by molar-refractivity contribution is -0.282. The molecular weight excluding hydrogens is 1540 g/mol. The Kier molecular flexibility index (Phi) is 47.4. The van der Waals surface area contributed by atoms with E-state index in [4.69, 9.17) is 88.1 Å². The molecule has 4 aliphatic heterocycles. The van der Waals surface area contributed by atoms with E-state index in [9.17, 15) is 92.9 Å². The first-order valence-electron chi connectivity index (χ1n) is 36.3. The minimum atomic E-state index is -5.38. The zero-order valence-electron chi connectivity index (χ0n) is 61.8. The van der Waals surface area contributed by atoms with Crippen molar-refractivity contribution < 1.29 is 186 Å². The minimum Gasteiger partial charge on any atom is -0.756 e. The van der Waals surface area contributed by atoms with Crippen LogP contribution in [0.2, 0.25) is 0 Å². The number of ether oxygens (including phenoxy) is 10. The van der Waals surface area contributed by atoms with Crippen molar-refractivity contribution in [2.24, 2.45) is 23.2 Å². The van der Waals surface area contributed by atoms with Crippen LogP contribution in [0.25, 0.3) is 0 Å². The zero-order valence-corrected chi connectivity index (χ0v) is 66.3. The summed E-state index contributed by atoms with van der Waals surface area (Å²) < 4.78 is 172. The summed E-state index contributed by atoms with van der Waals surface area (Å²) >= 11 is 0. The van der Waals surface area contributed by atoms with Crippen LogP contribution in [0.15, 0.2) is 0 Å². The molecule has 4 aliphatic rings. The molecule has 0 spiro atoms. The molecule has 634 valence electrons. The van der Waals surface area contributed by atoms with Gasteiger partial charge in [0.15, 0.2) is 18.9 Å². The number of carbonyl (C=O) groups is 1. The Labute approximate surface area is 625 Å². The summed E-state index contributed by atoms with van der Waals surface area (Å²) in [6.07, 6.45) is -9.13. The Hall–Kier alpha value is -0.700. The fourth-order valence-electron chi connectivity index (χ4n) is 11.5. The summed E-state index contributed by atoms with van der Waals surface area (Å²) in [5.74, 6) is -1.36. The molecule has 1 amide bonds. The van der Waals surface area contributed by atoms with Crippen LogP contribution in [-0.2, 0) is 120 Å². The third-order valence-corrected chi connectivity index (χ3v) is 22.8. The van der Waals surface area contributed by atoms with Crippen molar-refractivity contribution in [1.29, 1.82) is 0 Å². The van der Waals surface area contributed by atoms with Gasteiger partial charge in [0, 0.05) is 71.9 Å². The SMILES string of the molecule is COP(=O)([O-])OC1C[C@H](C)O[C@@H]1COP(=O)([O-])OCC(COCCCOP(=O)([O-])OCCCCCCO[C@@H]1OC(CO)[C@H](O)[C@H](C)C1C)(COCCCOP(=O)([O-])OCCCCCCO[C@@H]1OC(CO)[C@H](O)[C@H](O)C1C)COCCCOP(=O)([O-])OCCCCCCO[C@@H]1OC(CO)[C@H](O)[C@H](O)C1NC(C)=O. The van der Waals surface area contributed by atoms with Gasteiger partial charge in [0.1, 0.15) is 48.8 Å². The highest BCUT2D eigenvalue weighted by atomic mass is 31.2. The highest BCUT2D eigenvalue weighted by molar-refractivity contribution is 7.46. The first-order valence-corrected chi connectivity index (χ1v) is 43.6. The number of nitrogens with one attached hydrogen (secondary N) is 1. The molecule has 0 aromatic heterocycles. The van der Waals surface area contributed by atoms with Crippen molar-refractivity contribution in [3.63, 3.8) is 0 Å². The van der Waals surface area contributed by atoms with Gasteiger partial charge in [0.2, 0.25) is 5.91 Å². The van der Waals surface area contributed by atoms with Gasteiger partial charge in [-0.15, -0.1) is 0 Å². The molecule has 0 aromatic carbocycles. The van der Waals surface area contributed by atoms with Gasteiger partial charge in [-0.05, 0) is 70.6 Å². The number of aliphatic hydroxyl groups is 8. The van der Waals surface area contributed by atoms with Crippen LogP contribution in [0.1, 0.15) is 137 Å². The van der Waals surface area contributed by atoms with Gasteiger partial charge >= 0.3 is 0 Å². The maximum Gasteiger partial charge on any atom is 0.267 e. The smallest absolute Gasteiger partial charge is 0.267 e. The molecular formula is C62H117NO39P5-5. The second-order valence-corrected chi connectivity index (χ2v) is 34.0.